The Morgan fingerprint density at radius 2 is 1.65 bits per heavy atom. The van der Waals surface area contributed by atoms with Crippen molar-refractivity contribution in [3.05, 3.63) is 29.8 Å². The van der Waals surface area contributed by atoms with Gasteiger partial charge in [-0.05, 0) is 24.7 Å². The van der Waals surface area contributed by atoms with Crippen LogP contribution in [0.1, 0.15) is 5.56 Å². The second kappa shape index (κ2) is 8.74. The minimum Gasteiger partial charge on any atom is -0.406 e. The lowest BCUT2D eigenvalue weighted by molar-refractivity contribution is -0.274. The molecule has 0 radical (unpaired) electrons. The van der Waals surface area contributed by atoms with Crippen LogP contribution >= 0.6 is 0 Å². The van der Waals surface area contributed by atoms with Crippen molar-refractivity contribution in [1.82, 2.24) is 15.5 Å². The first kappa shape index (κ1) is 21.5. The fourth-order valence-corrected chi connectivity index (χ4v) is 1.80. The van der Waals surface area contributed by atoms with E-state index in [1.54, 1.807) is 5.32 Å². The smallest absolute Gasteiger partial charge is 0.406 e. The average Bonchev–Trinajstić information content (AvgIpc) is 2.44. The Kier molecular flexibility index (Phi) is 7.24. The van der Waals surface area contributed by atoms with E-state index in [9.17, 15) is 35.9 Å². The zero-order valence-corrected chi connectivity index (χ0v) is 13.4. The summed E-state index contributed by atoms with van der Waals surface area (Å²) in [6.07, 6.45) is -9.40. The second-order valence-electron chi connectivity index (χ2n) is 5.21. The Balaban J connectivity index is 2.42. The summed E-state index contributed by atoms with van der Waals surface area (Å²) in [7, 11) is 1.48. The second-order valence-corrected chi connectivity index (χ2v) is 5.21. The number of likely N-dealkylation sites (N-methyl/N-ethyl adjacent to an activating group) is 1. The molecule has 0 unspecified atom stereocenters. The monoisotopic (exact) mass is 387 g/mol. The van der Waals surface area contributed by atoms with Crippen LogP contribution in [0.5, 0.6) is 5.75 Å². The van der Waals surface area contributed by atoms with Gasteiger partial charge in [-0.25, -0.2) is 4.79 Å². The molecule has 1 aromatic carbocycles. The van der Waals surface area contributed by atoms with E-state index in [1.807, 2.05) is 0 Å². The molecule has 0 aliphatic heterocycles. The molecule has 1 aromatic rings. The lowest BCUT2D eigenvalue weighted by Gasteiger charge is -2.17. The minimum atomic E-state index is -4.80. The molecule has 3 amide bonds. The third kappa shape index (κ3) is 9.71. The summed E-state index contributed by atoms with van der Waals surface area (Å²) in [5, 5.41) is 3.21. The number of halogens is 6. The molecule has 0 aliphatic rings. The standard InChI is InChI=1S/C14H15F6N3O3/c1-23(7-11(24)22-12(25)21-8-13(15,16)17)6-9-2-4-10(5-3-9)26-14(18,19)20/h2-5H,6-8H2,1H3,(H2,21,22,24,25). The van der Waals surface area contributed by atoms with Gasteiger partial charge in [0.15, 0.2) is 0 Å². The number of nitrogens with zero attached hydrogens (tertiary/aromatic N) is 1. The van der Waals surface area contributed by atoms with E-state index < -0.39 is 36.8 Å². The molecular weight excluding hydrogens is 372 g/mol. The first-order chi connectivity index (χ1) is 11.8. The number of carbonyl (C=O) groups is 2. The van der Waals surface area contributed by atoms with E-state index in [4.69, 9.17) is 0 Å². The van der Waals surface area contributed by atoms with Crippen molar-refractivity contribution in [1.29, 1.82) is 0 Å². The van der Waals surface area contributed by atoms with Gasteiger partial charge in [0, 0.05) is 6.54 Å². The molecule has 146 valence electrons. The molecule has 0 saturated heterocycles. The number of rotatable bonds is 6. The topological polar surface area (TPSA) is 70.7 Å². The van der Waals surface area contributed by atoms with Gasteiger partial charge in [0.2, 0.25) is 5.91 Å². The number of hydrogen-bond acceptors (Lipinski definition) is 4. The van der Waals surface area contributed by atoms with Gasteiger partial charge in [-0.3, -0.25) is 15.0 Å². The molecule has 0 spiro atoms. The highest BCUT2D eigenvalue weighted by molar-refractivity contribution is 5.95. The van der Waals surface area contributed by atoms with E-state index in [0.29, 0.717) is 5.56 Å². The van der Waals surface area contributed by atoms with E-state index in [0.717, 1.165) is 12.1 Å². The Morgan fingerprint density at radius 3 is 2.15 bits per heavy atom. The molecule has 0 heterocycles. The van der Waals surface area contributed by atoms with Crippen LogP contribution in [0.15, 0.2) is 24.3 Å². The van der Waals surface area contributed by atoms with Crippen LogP contribution in [0.3, 0.4) is 0 Å². The van der Waals surface area contributed by atoms with Gasteiger partial charge in [-0.1, -0.05) is 12.1 Å². The Hall–Kier alpha value is -2.50. The van der Waals surface area contributed by atoms with Gasteiger partial charge in [0.25, 0.3) is 0 Å². The number of ether oxygens (including phenoxy) is 1. The molecule has 0 bridgehead atoms. The van der Waals surface area contributed by atoms with Crippen LogP contribution in [0.2, 0.25) is 0 Å². The number of benzene rings is 1. The number of nitrogens with one attached hydrogen (secondary N) is 2. The largest absolute Gasteiger partial charge is 0.573 e. The van der Waals surface area contributed by atoms with Crippen LogP contribution in [0.25, 0.3) is 0 Å². The van der Waals surface area contributed by atoms with Crippen molar-refractivity contribution in [3.8, 4) is 5.75 Å². The number of hydrogen-bond donors (Lipinski definition) is 2. The van der Waals surface area contributed by atoms with Gasteiger partial charge in [-0.15, -0.1) is 13.2 Å². The van der Waals surface area contributed by atoms with Crippen molar-refractivity contribution in [2.24, 2.45) is 0 Å². The maximum absolute atomic E-state index is 12.0. The van der Waals surface area contributed by atoms with Crippen molar-refractivity contribution < 1.29 is 40.7 Å². The van der Waals surface area contributed by atoms with E-state index >= 15 is 0 Å². The van der Waals surface area contributed by atoms with Gasteiger partial charge in [-0.2, -0.15) is 13.2 Å². The molecule has 0 fully saturated rings. The lowest BCUT2D eigenvalue weighted by Crippen LogP contribution is -2.46. The highest BCUT2D eigenvalue weighted by Gasteiger charge is 2.31. The summed E-state index contributed by atoms with van der Waals surface area (Å²) in [5.74, 6) is -1.24. The SMILES string of the molecule is CN(CC(=O)NC(=O)NCC(F)(F)F)Cc1ccc(OC(F)(F)F)cc1. The third-order valence-corrected chi connectivity index (χ3v) is 2.73. The number of urea groups is 1. The predicted molar refractivity (Wildman–Crippen MR) is 77.1 cm³/mol. The fourth-order valence-electron chi connectivity index (χ4n) is 1.80. The van der Waals surface area contributed by atoms with Gasteiger partial charge < -0.3 is 10.1 Å². The summed E-state index contributed by atoms with van der Waals surface area (Å²) < 4.78 is 75.6. The molecule has 0 aliphatic carbocycles. The first-order valence-electron chi connectivity index (χ1n) is 7.02. The van der Waals surface area contributed by atoms with Gasteiger partial charge in [0.05, 0.1) is 6.54 Å². The minimum absolute atomic E-state index is 0.143. The average molecular weight is 387 g/mol. The van der Waals surface area contributed by atoms with Crippen LogP contribution in [0.4, 0.5) is 31.1 Å². The van der Waals surface area contributed by atoms with E-state index in [2.05, 4.69) is 4.74 Å². The predicted octanol–water partition coefficient (Wildman–Crippen LogP) is 2.41. The first-order valence-corrected chi connectivity index (χ1v) is 7.02. The number of alkyl halides is 6. The summed E-state index contributed by atoms with van der Waals surface area (Å²) in [4.78, 5) is 24.1. The molecular formula is C14H15F6N3O3. The van der Waals surface area contributed by atoms with Crippen molar-refractivity contribution in [2.45, 2.75) is 19.1 Å². The molecule has 26 heavy (non-hydrogen) atoms. The normalized spacial score (nSPS) is 12.0. The van der Waals surface area contributed by atoms with Gasteiger partial charge in [0.1, 0.15) is 12.3 Å². The molecule has 0 saturated carbocycles. The van der Waals surface area contributed by atoms with Gasteiger partial charge >= 0.3 is 18.6 Å². The third-order valence-electron chi connectivity index (χ3n) is 2.73. The molecule has 0 atom stereocenters. The number of imide groups is 1. The number of amides is 3. The highest BCUT2D eigenvalue weighted by atomic mass is 19.4. The summed E-state index contributed by atoms with van der Waals surface area (Å²) >= 11 is 0. The maximum atomic E-state index is 12.0. The highest BCUT2D eigenvalue weighted by Crippen LogP contribution is 2.22. The molecule has 1 rings (SSSR count). The Morgan fingerprint density at radius 1 is 1.08 bits per heavy atom. The molecule has 0 aromatic heterocycles. The van der Waals surface area contributed by atoms with E-state index in [-0.39, 0.29) is 13.1 Å². The molecule has 6 nitrogen and oxygen atoms in total. The van der Waals surface area contributed by atoms with Crippen molar-refractivity contribution in [3.63, 3.8) is 0 Å². The Labute approximate surface area is 144 Å². The summed E-state index contributed by atoms with van der Waals surface area (Å²) in [6, 6.07) is 3.62. The van der Waals surface area contributed by atoms with Crippen LogP contribution in [-0.4, -0.2) is 49.5 Å². The van der Waals surface area contributed by atoms with Crippen LogP contribution in [0, 0.1) is 0 Å². The van der Waals surface area contributed by atoms with Crippen molar-refractivity contribution in [2.75, 3.05) is 20.1 Å². The lowest BCUT2D eigenvalue weighted by atomic mass is 10.2. The fraction of sp³-hybridized carbons (Fsp3) is 0.429. The molecule has 2 N–H and O–H groups in total. The van der Waals surface area contributed by atoms with Crippen molar-refractivity contribution >= 4 is 11.9 Å². The Bertz CT molecular complexity index is 616. The zero-order valence-electron chi connectivity index (χ0n) is 13.4. The summed E-state index contributed by atoms with van der Waals surface area (Å²) in [5.41, 5.74) is 0.552. The summed E-state index contributed by atoms with van der Waals surface area (Å²) in [6.45, 7) is -1.75. The van der Waals surface area contributed by atoms with Crippen LogP contribution < -0.4 is 15.4 Å². The zero-order chi connectivity index (χ0) is 20.0. The van der Waals surface area contributed by atoms with E-state index in [1.165, 1.54) is 29.4 Å². The quantitative estimate of drug-likeness (QED) is 0.736. The van der Waals surface area contributed by atoms with Crippen LogP contribution in [-0.2, 0) is 11.3 Å². The molecule has 12 heteroatoms. The maximum Gasteiger partial charge on any atom is 0.573 e. The number of carbonyl (C=O) groups excluding carboxylic acids is 2.